The molecule has 0 aliphatic carbocycles. The van der Waals surface area contributed by atoms with E-state index in [1.807, 2.05) is 0 Å². The van der Waals surface area contributed by atoms with E-state index >= 15 is 0 Å². The molecule has 0 bridgehead atoms. The first-order valence-electron chi connectivity index (χ1n) is 5.19. The molecule has 1 heterocycles. The molecule has 0 aliphatic rings. The van der Waals surface area contributed by atoms with Gasteiger partial charge in [-0.3, -0.25) is 14.9 Å². The van der Waals surface area contributed by atoms with Crippen LogP contribution < -0.4 is 10.5 Å². The van der Waals surface area contributed by atoms with Crippen molar-refractivity contribution < 1.29 is 24.7 Å². The molecular weight excluding hydrogens is 258 g/mol. The Kier molecular flexibility index (Phi) is 4.73. The molecule has 1 amide bonds. The molecule has 0 spiro atoms. The largest absolute Gasteiger partial charge is 0.481 e. The van der Waals surface area contributed by atoms with Crippen molar-refractivity contribution in [3.05, 3.63) is 27.9 Å². The molecule has 0 saturated carbocycles. The predicted molar refractivity (Wildman–Crippen MR) is 62.2 cm³/mol. The first-order chi connectivity index (χ1) is 8.86. The van der Waals surface area contributed by atoms with Gasteiger partial charge in [0.25, 0.3) is 5.69 Å². The summed E-state index contributed by atoms with van der Waals surface area (Å²) in [5.74, 6) is -0.898. The monoisotopic (exact) mass is 271 g/mol. The summed E-state index contributed by atoms with van der Waals surface area (Å²) >= 11 is 0. The number of aliphatic hydroxyl groups is 2. The van der Waals surface area contributed by atoms with Crippen molar-refractivity contribution in [3.63, 3.8) is 0 Å². The first kappa shape index (κ1) is 14.8. The molecular formula is C10H13N3O6. The number of carbonyl (C=O) groups excluding carboxylic acids is 1. The Balaban J connectivity index is 3.11. The maximum atomic E-state index is 10.7. The Morgan fingerprint density at radius 3 is 2.74 bits per heavy atom. The standard InChI is InChI=1S/C10H13N3O6/c1-19-10-6(2-5(4-12-10)13(17)18)9(16)7(14)3-8(11)15/h2,4,7,9,14,16H,3H2,1H3,(H2,11,15). The van der Waals surface area contributed by atoms with Crippen LogP contribution in [0, 0.1) is 10.1 Å². The number of hydrogen-bond donors (Lipinski definition) is 3. The highest BCUT2D eigenvalue weighted by atomic mass is 16.6. The number of nitrogens with zero attached hydrogens (tertiary/aromatic N) is 2. The molecule has 19 heavy (non-hydrogen) atoms. The molecule has 2 atom stereocenters. The highest BCUT2D eigenvalue weighted by Gasteiger charge is 2.26. The third-order valence-electron chi connectivity index (χ3n) is 2.36. The van der Waals surface area contributed by atoms with Gasteiger partial charge in [-0.1, -0.05) is 0 Å². The van der Waals surface area contributed by atoms with Crippen LogP contribution in [0.15, 0.2) is 12.3 Å². The van der Waals surface area contributed by atoms with Gasteiger partial charge in [-0.05, 0) is 0 Å². The van der Waals surface area contributed by atoms with Gasteiger partial charge in [-0.25, -0.2) is 4.98 Å². The number of methoxy groups -OCH3 is 1. The van der Waals surface area contributed by atoms with E-state index in [0.29, 0.717) is 0 Å². The second-order valence-electron chi connectivity index (χ2n) is 3.73. The Bertz CT molecular complexity index is 492. The lowest BCUT2D eigenvalue weighted by atomic mass is 10.0. The summed E-state index contributed by atoms with van der Waals surface area (Å²) in [6, 6.07) is 1.01. The van der Waals surface area contributed by atoms with Gasteiger partial charge >= 0.3 is 0 Å². The normalized spacial score (nSPS) is 13.6. The Morgan fingerprint density at radius 2 is 2.26 bits per heavy atom. The number of pyridine rings is 1. The average Bonchev–Trinajstić information content (AvgIpc) is 2.36. The maximum Gasteiger partial charge on any atom is 0.288 e. The third kappa shape index (κ3) is 3.60. The van der Waals surface area contributed by atoms with Crippen LogP contribution in [0.1, 0.15) is 18.1 Å². The van der Waals surface area contributed by atoms with E-state index in [1.54, 1.807) is 0 Å². The van der Waals surface area contributed by atoms with Crippen molar-refractivity contribution in [2.45, 2.75) is 18.6 Å². The quantitative estimate of drug-likeness (QED) is 0.456. The molecule has 0 saturated heterocycles. The number of amides is 1. The van der Waals surface area contributed by atoms with Crippen LogP contribution in [0.25, 0.3) is 0 Å². The minimum Gasteiger partial charge on any atom is -0.481 e. The number of carbonyl (C=O) groups is 1. The van der Waals surface area contributed by atoms with E-state index in [2.05, 4.69) is 4.98 Å². The van der Waals surface area contributed by atoms with Crippen molar-refractivity contribution in [2.75, 3.05) is 7.11 Å². The van der Waals surface area contributed by atoms with Crippen LogP contribution >= 0.6 is 0 Å². The number of aromatic nitrogens is 1. The Hall–Kier alpha value is -2.26. The van der Waals surface area contributed by atoms with E-state index < -0.39 is 29.5 Å². The fourth-order valence-corrected chi connectivity index (χ4v) is 1.46. The third-order valence-corrected chi connectivity index (χ3v) is 2.36. The van der Waals surface area contributed by atoms with Crippen LogP contribution in [-0.4, -0.2) is 39.2 Å². The molecule has 104 valence electrons. The van der Waals surface area contributed by atoms with Crippen molar-refractivity contribution in [3.8, 4) is 5.88 Å². The van der Waals surface area contributed by atoms with Gasteiger partial charge in [0, 0.05) is 6.07 Å². The van der Waals surface area contributed by atoms with Crippen molar-refractivity contribution in [1.82, 2.24) is 4.98 Å². The summed E-state index contributed by atoms with van der Waals surface area (Å²) in [5, 5.41) is 30.1. The smallest absolute Gasteiger partial charge is 0.288 e. The molecule has 0 aliphatic heterocycles. The number of nitro groups is 1. The second kappa shape index (κ2) is 6.07. The zero-order valence-electron chi connectivity index (χ0n) is 10.0. The summed E-state index contributed by atoms with van der Waals surface area (Å²) in [6.45, 7) is 0. The maximum absolute atomic E-state index is 10.7. The van der Waals surface area contributed by atoms with Crippen LogP contribution in [-0.2, 0) is 4.79 Å². The first-order valence-corrected chi connectivity index (χ1v) is 5.19. The van der Waals surface area contributed by atoms with Crippen LogP contribution in [0.3, 0.4) is 0 Å². The molecule has 0 aromatic carbocycles. The lowest BCUT2D eigenvalue weighted by Crippen LogP contribution is -2.26. The predicted octanol–water partition coefficient (Wildman–Crippen LogP) is -0.732. The lowest BCUT2D eigenvalue weighted by molar-refractivity contribution is -0.385. The van der Waals surface area contributed by atoms with E-state index in [0.717, 1.165) is 12.3 Å². The average molecular weight is 271 g/mol. The fraction of sp³-hybridized carbons (Fsp3) is 0.400. The van der Waals surface area contributed by atoms with Crippen molar-refractivity contribution in [2.24, 2.45) is 5.73 Å². The molecule has 1 rings (SSSR count). The second-order valence-corrected chi connectivity index (χ2v) is 3.73. The number of nitrogens with two attached hydrogens (primary N) is 1. The van der Waals surface area contributed by atoms with Gasteiger partial charge in [0.15, 0.2) is 0 Å². The van der Waals surface area contributed by atoms with Crippen molar-refractivity contribution >= 4 is 11.6 Å². The molecule has 9 heteroatoms. The molecule has 0 radical (unpaired) electrons. The molecule has 4 N–H and O–H groups in total. The Morgan fingerprint density at radius 1 is 1.63 bits per heavy atom. The topological polar surface area (TPSA) is 149 Å². The van der Waals surface area contributed by atoms with Crippen LogP contribution in [0.2, 0.25) is 0 Å². The van der Waals surface area contributed by atoms with Gasteiger partial charge < -0.3 is 20.7 Å². The van der Waals surface area contributed by atoms with Gasteiger partial charge in [0.2, 0.25) is 11.8 Å². The van der Waals surface area contributed by atoms with Crippen molar-refractivity contribution in [1.29, 1.82) is 0 Å². The molecule has 0 fully saturated rings. The Labute approximate surface area is 107 Å². The fourth-order valence-electron chi connectivity index (χ4n) is 1.46. The number of hydrogen-bond acceptors (Lipinski definition) is 7. The highest BCUT2D eigenvalue weighted by molar-refractivity contribution is 5.74. The summed E-state index contributed by atoms with van der Waals surface area (Å²) < 4.78 is 4.84. The van der Waals surface area contributed by atoms with E-state index in [4.69, 9.17) is 10.5 Å². The minimum atomic E-state index is -1.57. The summed E-state index contributed by atoms with van der Waals surface area (Å²) in [5.41, 5.74) is 4.43. The van der Waals surface area contributed by atoms with E-state index in [1.165, 1.54) is 7.11 Å². The summed E-state index contributed by atoms with van der Waals surface area (Å²) in [4.78, 5) is 24.2. The van der Waals surface area contributed by atoms with Gasteiger partial charge in [-0.2, -0.15) is 0 Å². The molecule has 1 aromatic rings. The zero-order valence-corrected chi connectivity index (χ0v) is 10.0. The minimum absolute atomic E-state index is 0.0818. The van der Waals surface area contributed by atoms with Crippen LogP contribution in [0.5, 0.6) is 5.88 Å². The van der Waals surface area contributed by atoms with E-state index in [-0.39, 0.29) is 17.1 Å². The molecule has 9 nitrogen and oxygen atoms in total. The highest BCUT2D eigenvalue weighted by Crippen LogP contribution is 2.29. The number of aliphatic hydroxyl groups excluding tert-OH is 2. The number of primary amides is 1. The van der Waals surface area contributed by atoms with Gasteiger partial charge in [-0.15, -0.1) is 0 Å². The molecule has 1 aromatic heterocycles. The van der Waals surface area contributed by atoms with Gasteiger partial charge in [0.05, 0.1) is 30.1 Å². The summed E-state index contributed by atoms with van der Waals surface area (Å²) in [7, 11) is 1.25. The van der Waals surface area contributed by atoms with Crippen LogP contribution in [0.4, 0.5) is 5.69 Å². The number of ether oxygens (including phenoxy) is 1. The zero-order chi connectivity index (χ0) is 14.6. The van der Waals surface area contributed by atoms with Gasteiger partial charge in [0.1, 0.15) is 12.3 Å². The summed E-state index contributed by atoms with van der Waals surface area (Å²) in [6.07, 6.45) is -2.62. The SMILES string of the molecule is COc1ncc([N+](=O)[O-])cc1C(O)C(O)CC(N)=O. The molecule has 2 unspecified atom stereocenters. The number of rotatable bonds is 6. The van der Waals surface area contributed by atoms with E-state index in [9.17, 15) is 25.1 Å². The lowest BCUT2D eigenvalue weighted by Gasteiger charge is -2.18.